The number of benzene rings is 1. The minimum Gasteiger partial charge on any atom is -0.507 e. The first-order chi connectivity index (χ1) is 8.72. The lowest BCUT2D eigenvalue weighted by Gasteiger charge is -2.20. The fraction of sp³-hybridized carbons (Fsp3) is 0.600. The Bertz CT molecular complexity index is 394. The highest BCUT2D eigenvalue weighted by Crippen LogP contribution is 2.30. The summed E-state index contributed by atoms with van der Waals surface area (Å²) in [6.45, 7) is 4.95. The van der Waals surface area contributed by atoms with Crippen molar-refractivity contribution in [2.75, 3.05) is 5.75 Å². The molecule has 3 heteroatoms. The maximum atomic E-state index is 10.00. The van der Waals surface area contributed by atoms with Gasteiger partial charge in [-0.2, -0.15) is 11.8 Å². The van der Waals surface area contributed by atoms with Crippen LogP contribution in [0.1, 0.15) is 37.3 Å². The first-order valence-corrected chi connectivity index (χ1v) is 7.89. The van der Waals surface area contributed by atoms with Gasteiger partial charge in [-0.05, 0) is 31.1 Å². The van der Waals surface area contributed by atoms with E-state index in [1.165, 1.54) is 25.0 Å². The van der Waals surface area contributed by atoms with Gasteiger partial charge in [0.1, 0.15) is 5.75 Å². The van der Waals surface area contributed by atoms with Gasteiger partial charge >= 0.3 is 0 Å². The van der Waals surface area contributed by atoms with E-state index in [0.29, 0.717) is 11.8 Å². The number of aryl methyl sites for hydroxylation is 1. The summed E-state index contributed by atoms with van der Waals surface area (Å²) < 4.78 is 0. The third-order valence-corrected chi connectivity index (χ3v) is 5.04. The number of phenols is 1. The van der Waals surface area contributed by atoms with Gasteiger partial charge in [-0.1, -0.05) is 31.5 Å². The van der Waals surface area contributed by atoms with Crippen LogP contribution in [0.25, 0.3) is 0 Å². The second kappa shape index (κ2) is 6.48. The molecule has 0 bridgehead atoms. The molecule has 0 aromatic heterocycles. The van der Waals surface area contributed by atoms with Crippen molar-refractivity contribution >= 4 is 11.8 Å². The fourth-order valence-corrected chi connectivity index (χ4v) is 3.90. The summed E-state index contributed by atoms with van der Waals surface area (Å²) in [4.78, 5) is 0. The number of aromatic hydroxyl groups is 1. The van der Waals surface area contributed by atoms with Crippen LogP contribution in [0, 0.1) is 6.92 Å². The Hall–Kier alpha value is -0.670. The van der Waals surface area contributed by atoms with E-state index in [1.54, 1.807) is 0 Å². The zero-order chi connectivity index (χ0) is 13.0. The fourth-order valence-electron chi connectivity index (χ4n) is 2.68. The summed E-state index contributed by atoms with van der Waals surface area (Å²) in [7, 11) is 0. The number of para-hydroxylation sites is 1. The summed E-state index contributed by atoms with van der Waals surface area (Å²) in [5, 5.41) is 14.4. The highest BCUT2D eigenvalue weighted by Gasteiger charge is 2.26. The van der Waals surface area contributed by atoms with Crippen molar-refractivity contribution < 1.29 is 5.11 Å². The Morgan fingerprint density at radius 2 is 2.22 bits per heavy atom. The Morgan fingerprint density at radius 3 is 3.00 bits per heavy atom. The second-order valence-corrected chi connectivity index (χ2v) is 6.51. The van der Waals surface area contributed by atoms with Crippen LogP contribution in [-0.2, 0) is 6.54 Å². The van der Waals surface area contributed by atoms with Crippen molar-refractivity contribution in [1.82, 2.24) is 5.32 Å². The van der Waals surface area contributed by atoms with E-state index >= 15 is 0 Å². The van der Waals surface area contributed by atoms with E-state index in [2.05, 4.69) is 24.0 Å². The van der Waals surface area contributed by atoms with Crippen LogP contribution in [0.2, 0.25) is 0 Å². The summed E-state index contributed by atoms with van der Waals surface area (Å²) >= 11 is 2.06. The van der Waals surface area contributed by atoms with Gasteiger partial charge in [0.15, 0.2) is 0 Å². The van der Waals surface area contributed by atoms with E-state index in [0.717, 1.165) is 22.9 Å². The summed E-state index contributed by atoms with van der Waals surface area (Å²) in [6, 6.07) is 6.57. The molecule has 1 aromatic carbocycles. The van der Waals surface area contributed by atoms with E-state index in [-0.39, 0.29) is 0 Å². The minimum atomic E-state index is 0.447. The third kappa shape index (κ3) is 3.21. The van der Waals surface area contributed by atoms with Crippen molar-refractivity contribution in [2.45, 2.75) is 50.9 Å². The lowest BCUT2D eigenvalue weighted by atomic mass is 10.1. The monoisotopic (exact) mass is 265 g/mol. The molecule has 1 saturated carbocycles. The van der Waals surface area contributed by atoms with Gasteiger partial charge in [-0.25, -0.2) is 0 Å². The van der Waals surface area contributed by atoms with Crippen molar-refractivity contribution in [1.29, 1.82) is 0 Å². The van der Waals surface area contributed by atoms with Crippen molar-refractivity contribution in [3.63, 3.8) is 0 Å². The smallest absolute Gasteiger partial charge is 0.122 e. The topological polar surface area (TPSA) is 32.3 Å². The molecule has 1 fully saturated rings. The first kappa shape index (κ1) is 13.8. The lowest BCUT2D eigenvalue weighted by Crippen LogP contribution is -2.33. The van der Waals surface area contributed by atoms with E-state index in [9.17, 15) is 5.11 Å². The van der Waals surface area contributed by atoms with Gasteiger partial charge in [0.25, 0.3) is 0 Å². The van der Waals surface area contributed by atoms with Crippen LogP contribution >= 0.6 is 11.8 Å². The molecule has 2 nitrogen and oxygen atoms in total. The molecular formula is C15H23NOS. The predicted octanol–water partition coefficient (Wildman–Crippen LogP) is 3.46. The average molecular weight is 265 g/mol. The maximum Gasteiger partial charge on any atom is 0.122 e. The molecule has 1 aromatic rings. The second-order valence-electron chi connectivity index (χ2n) is 4.99. The molecule has 0 radical (unpaired) electrons. The number of rotatable bonds is 5. The molecule has 1 aliphatic carbocycles. The summed E-state index contributed by atoms with van der Waals surface area (Å²) in [5.74, 6) is 1.64. The van der Waals surface area contributed by atoms with Gasteiger partial charge in [-0.3, -0.25) is 0 Å². The van der Waals surface area contributed by atoms with Gasteiger partial charge in [-0.15, -0.1) is 0 Å². The Labute approximate surface area is 114 Å². The van der Waals surface area contributed by atoms with Crippen LogP contribution in [0.15, 0.2) is 18.2 Å². The molecule has 100 valence electrons. The molecule has 18 heavy (non-hydrogen) atoms. The van der Waals surface area contributed by atoms with Crippen LogP contribution in [0.5, 0.6) is 5.75 Å². The Morgan fingerprint density at radius 1 is 1.39 bits per heavy atom. The van der Waals surface area contributed by atoms with E-state index in [4.69, 9.17) is 0 Å². The van der Waals surface area contributed by atoms with Gasteiger partial charge < -0.3 is 10.4 Å². The zero-order valence-electron chi connectivity index (χ0n) is 11.3. The molecule has 2 atom stereocenters. The zero-order valence-corrected chi connectivity index (χ0v) is 12.1. The third-order valence-electron chi connectivity index (χ3n) is 3.71. The van der Waals surface area contributed by atoms with Crippen molar-refractivity contribution in [3.8, 4) is 5.75 Å². The van der Waals surface area contributed by atoms with Crippen LogP contribution in [-0.4, -0.2) is 22.2 Å². The number of phenolic OH excluding ortho intramolecular Hbond substituents is 1. The van der Waals surface area contributed by atoms with Crippen LogP contribution < -0.4 is 5.32 Å². The number of hydrogen-bond donors (Lipinski definition) is 2. The van der Waals surface area contributed by atoms with Gasteiger partial charge in [0.05, 0.1) is 0 Å². The molecule has 0 saturated heterocycles. The summed E-state index contributed by atoms with van der Waals surface area (Å²) in [5.41, 5.74) is 1.97. The van der Waals surface area contributed by atoms with Crippen molar-refractivity contribution in [3.05, 3.63) is 29.3 Å². The van der Waals surface area contributed by atoms with Crippen LogP contribution in [0.3, 0.4) is 0 Å². The summed E-state index contributed by atoms with van der Waals surface area (Å²) in [6.07, 6.45) is 3.93. The quantitative estimate of drug-likeness (QED) is 0.855. The molecular weight excluding hydrogens is 242 g/mol. The maximum absolute atomic E-state index is 10.00. The number of hydrogen-bond acceptors (Lipinski definition) is 3. The van der Waals surface area contributed by atoms with E-state index in [1.807, 2.05) is 25.1 Å². The molecule has 2 rings (SSSR count). The van der Waals surface area contributed by atoms with Gasteiger partial charge in [0.2, 0.25) is 0 Å². The number of nitrogens with one attached hydrogen (secondary N) is 1. The van der Waals surface area contributed by atoms with Gasteiger partial charge in [0, 0.05) is 23.4 Å². The molecule has 0 amide bonds. The van der Waals surface area contributed by atoms with E-state index < -0.39 is 0 Å². The highest BCUT2D eigenvalue weighted by molar-refractivity contribution is 7.99. The average Bonchev–Trinajstić information content (AvgIpc) is 2.79. The molecule has 0 heterocycles. The standard InChI is InChI=1S/C15H23NOS/c1-3-18-14-9-5-8-13(14)16-10-12-7-4-6-11(2)15(12)17/h4,6-7,13-14,16-17H,3,5,8-10H2,1-2H3. The molecule has 2 N–H and O–H groups in total. The lowest BCUT2D eigenvalue weighted by molar-refractivity contribution is 0.453. The Kier molecular flexibility index (Phi) is 4.95. The van der Waals surface area contributed by atoms with Crippen LogP contribution in [0.4, 0.5) is 0 Å². The first-order valence-electron chi connectivity index (χ1n) is 6.84. The SMILES string of the molecule is CCSC1CCCC1NCc1cccc(C)c1O. The predicted molar refractivity (Wildman–Crippen MR) is 79.2 cm³/mol. The normalized spacial score (nSPS) is 23.4. The Balaban J connectivity index is 1.93. The highest BCUT2D eigenvalue weighted by atomic mass is 32.2. The van der Waals surface area contributed by atoms with Crippen molar-refractivity contribution in [2.24, 2.45) is 0 Å². The molecule has 1 aliphatic rings. The molecule has 0 spiro atoms. The largest absolute Gasteiger partial charge is 0.507 e. The molecule has 0 aliphatic heterocycles. The minimum absolute atomic E-state index is 0.447. The number of thioether (sulfide) groups is 1. The molecule has 2 unspecified atom stereocenters.